The Morgan fingerprint density at radius 2 is 2.42 bits per heavy atom. The Morgan fingerprint density at radius 1 is 1.58 bits per heavy atom. The van der Waals surface area contributed by atoms with Gasteiger partial charge in [0.2, 0.25) is 0 Å². The van der Waals surface area contributed by atoms with Crippen LogP contribution < -0.4 is 5.73 Å². The van der Waals surface area contributed by atoms with Crippen LogP contribution in [0.5, 0.6) is 0 Å². The lowest BCUT2D eigenvalue weighted by molar-refractivity contribution is 0.375. The van der Waals surface area contributed by atoms with Gasteiger partial charge in [-0.2, -0.15) is 0 Å². The summed E-state index contributed by atoms with van der Waals surface area (Å²) >= 11 is 0. The molecule has 2 rings (SSSR count). The summed E-state index contributed by atoms with van der Waals surface area (Å²) in [4.78, 5) is 0. The molecule has 0 unspecified atom stereocenters. The largest absolute Gasteiger partial charge is 0.361 e. The van der Waals surface area contributed by atoms with E-state index in [-0.39, 0.29) is 0 Å². The van der Waals surface area contributed by atoms with Crippen LogP contribution in [0.2, 0.25) is 0 Å². The molecule has 1 aliphatic carbocycles. The van der Waals surface area contributed by atoms with Gasteiger partial charge in [-0.15, -0.1) is 0 Å². The second kappa shape index (κ2) is 3.27. The SMILES string of the molecule is NCCCc1cc(C2CC2)no1. The predicted octanol–water partition coefficient (Wildman–Crippen LogP) is 1.44. The molecule has 0 bridgehead atoms. The van der Waals surface area contributed by atoms with Crippen LogP contribution in [0.1, 0.15) is 36.6 Å². The van der Waals surface area contributed by atoms with Crippen molar-refractivity contribution >= 4 is 0 Å². The third-order valence-corrected chi connectivity index (χ3v) is 2.20. The van der Waals surface area contributed by atoms with Crippen LogP contribution >= 0.6 is 0 Å². The summed E-state index contributed by atoms with van der Waals surface area (Å²) < 4.78 is 5.16. The normalized spacial score (nSPS) is 16.8. The average Bonchev–Trinajstić information content (AvgIpc) is 2.83. The molecule has 1 heterocycles. The summed E-state index contributed by atoms with van der Waals surface area (Å²) in [7, 11) is 0. The second-order valence-electron chi connectivity index (χ2n) is 3.38. The molecule has 3 heteroatoms. The first-order valence-electron chi connectivity index (χ1n) is 4.55. The van der Waals surface area contributed by atoms with E-state index < -0.39 is 0 Å². The molecule has 0 radical (unpaired) electrons. The fourth-order valence-corrected chi connectivity index (χ4v) is 1.29. The van der Waals surface area contributed by atoms with E-state index in [1.165, 1.54) is 12.8 Å². The Bertz CT molecular complexity index is 253. The number of aromatic nitrogens is 1. The topological polar surface area (TPSA) is 52.0 Å². The molecule has 1 aromatic heterocycles. The molecule has 2 N–H and O–H groups in total. The average molecular weight is 166 g/mol. The van der Waals surface area contributed by atoms with Gasteiger partial charge in [-0.1, -0.05) is 5.16 Å². The van der Waals surface area contributed by atoms with Crippen LogP contribution in [0.25, 0.3) is 0 Å². The van der Waals surface area contributed by atoms with E-state index in [9.17, 15) is 0 Å². The third kappa shape index (κ3) is 1.67. The van der Waals surface area contributed by atoms with E-state index >= 15 is 0 Å². The van der Waals surface area contributed by atoms with E-state index in [1.54, 1.807) is 0 Å². The summed E-state index contributed by atoms with van der Waals surface area (Å²) in [6.45, 7) is 0.722. The highest BCUT2D eigenvalue weighted by molar-refractivity contribution is 5.15. The molecule has 12 heavy (non-hydrogen) atoms. The number of aryl methyl sites for hydroxylation is 1. The number of hydrogen-bond donors (Lipinski definition) is 1. The molecule has 0 saturated heterocycles. The summed E-state index contributed by atoms with van der Waals surface area (Å²) in [6.07, 6.45) is 4.47. The van der Waals surface area contributed by atoms with Crippen LogP contribution in [0.4, 0.5) is 0 Å². The zero-order valence-electron chi connectivity index (χ0n) is 7.12. The predicted molar refractivity (Wildman–Crippen MR) is 45.9 cm³/mol. The van der Waals surface area contributed by atoms with Crippen molar-refractivity contribution in [3.8, 4) is 0 Å². The Morgan fingerprint density at radius 3 is 3.08 bits per heavy atom. The lowest BCUT2D eigenvalue weighted by atomic mass is 10.2. The van der Waals surface area contributed by atoms with Gasteiger partial charge >= 0.3 is 0 Å². The van der Waals surface area contributed by atoms with E-state index in [0.29, 0.717) is 5.92 Å². The molecule has 0 aromatic carbocycles. The molecular formula is C9H14N2O. The van der Waals surface area contributed by atoms with Gasteiger partial charge < -0.3 is 10.3 Å². The minimum absolute atomic E-state index is 0.695. The number of nitrogens with two attached hydrogens (primary N) is 1. The molecule has 1 aromatic rings. The maximum atomic E-state index is 5.39. The standard InChI is InChI=1S/C9H14N2O/c10-5-1-2-8-6-9(11-12-8)7-3-4-7/h6-7H,1-5,10H2. The van der Waals surface area contributed by atoms with Gasteiger partial charge in [-0.25, -0.2) is 0 Å². The van der Waals surface area contributed by atoms with Crippen molar-refractivity contribution in [2.75, 3.05) is 6.54 Å². The van der Waals surface area contributed by atoms with Crippen molar-refractivity contribution in [3.63, 3.8) is 0 Å². The van der Waals surface area contributed by atoms with Crippen molar-refractivity contribution in [1.29, 1.82) is 0 Å². The summed E-state index contributed by atoms with van der Waals surface area (Å²) in [5, 5.41) is 4.02. The molecular weight excluding hydrogens is 152 g/mol. The Balaban J connectivity index is 1.93. The molecule has 0 spiro atoms. The van der Waals surface area contributed by atoms with Gasteiger partial charge in [0.15, 0.2) is 0 Å². The highest BCUT2D eigenvalue weighted by atomic mass is 16.5. The van der Waals surface area contributed by atoms with E-state index in [0.717, 1.165) is 30.8 Å². The number of rotatable bonds is 4. The van der Waals surface area contributed by atoms with E-state index in [1.807, 2.05) is 0 Å². The van der Waals surface area contributed by atoms with Gasteiger partial charge in [-0.05, 0) is 25.8 Å². The molecule has 3 nitrogen and oxygen atoms in total. The van der Waals surface area contributed by atoms with Gasteiger partial charge in [0.05, 0.1) is 5.69 Å². The monoisotopic (exact) mass is 166 g/mol. The van der Waals surface area contributed by atoms with Crippen LogP contribution in [0.3, 0.4) is 0 Å². The van der Waals surface area contributed by atoms with Crippen LogP contribution in [-0.4, -0.2) is 11.7 Å². The van der Waals surface area contributed by atoms with Crippen molar-refractivity contribution in [2.45, 2.75) is 31.6 Å². The van der Waals surface area contributed by atoms with E-state index in [4.69, 9.17) is 10.3 Å². The zero-order valence-corrected chi connectivity index (χ0v) is 7.12. The molecule has 0 atom stereocenters. The van der Waals surface area contributed by atoms with Crippen molar-refractivity contribution < 1.29 is 4.52 Å². The first kappa shape index (κ1) is 7.80. The lowest BCUT2D eigenvalue weighted by Gasteiger charge is -1.89. The molecule has 0 amide bonds. The highest BCUT2D eigenvalue weighted by Crippen LogP contribution is 2.39. The van der Waals surface area contributed by atoms with Crippen LogP contribution in [0, 0.1) is 0 Å². The summed E-state index contributed by atoms with van der Waals surface area (Å²) in [5.74, 6) is 1.68. The molecule has 0 aliphatic heterocycles. The molecule has 66 valence electrons. The zero-order chi connectivity index (χ0) is 8.39. The maximum Gasteiger partial charge on any atom is 0.137 e. The third-order valence-electron chi connectivity index (χ3n) is 2.20. The van der Waals surface area contributed by atoms with E-state index in [2.05, 4.69) is 11.2 Å². The highest BCUT2D eigenvalue weighted by Gasteiger charge is 2.26. The summed E-state index contributed by atoms with van der Waals surface area (Å²) in [6, 6.07) is 2.08. The molecule has 1 saturated carbocycles. The Labute approximate surface area is 71.9 Å². The number of nitrogens with zero attached hydrogens (tertiary/aromatic N) is 1. The van der Waals surface area contributed by atoms with Crippen molar-refractivity contribution in [3.05, 3.63) is 17.5 Å². The quantitative estimate of drug-likeness (QED) is 0.736. The van der Waals surface area contributed by atoms with Crippen molar-refractivity contribution in [2.24, 2.45) is 5.73 Å². The van der Waals surface area contributed by atoms with Crippen molar-refractivity contribution in [1.82, 2.24) is 5.16 Å². The fraction of sp³-hybridized carbons (Fsp3) is 0.667. The maximum absolute atomic E-state index is 5.39. The summed E-state index contributed by atoms with van der Waals surface area (Å²) in [5.41, 5.74) is 6.53. The first-order chi connectivity index (χ1) is 5.90. The smallest absolute Gasteiger partial charge is 0.137 e. The Hall–Kier alpha value is -0.830. The lowest BCUT2D eigenvalue weighted by Crippen LogP contribution is -1.99. The minimum atomic E-state index is 0.695. The minimum Gasteiger partial charge on any atom is -0.361 e. The molecule has 1 fully saturated rings. The Kier molecular flexibility index (Phi) is 2.13. The second-order valence-corrected chi connectivity index (χ2v) is 3.38. The number of hydrogen-bond acceptors (Lipinski definition) is 3. The van der Waals surface area contributed by atoms with Crippen LogP contribution in [0.15, 0.2) is 10.6 Å². The first-order valence-corrected chi connectivity index (χ1v) is 4.55. The fourth-order valence-electron chi connectivity index (χ4n) is 1.29. The van der Waals surface area contributed by atoms with Gasteiger partial charge in [-0.3, -0.25) is 0 Å². The van der Waals surface area contributed by atoms with Gasteiger partial charge in [0, 0.05) is 18.4 Å². The van der Waals surface area contributed by atoms with Gasteiger partial charge in [0.25, 0.3) is 0 Å². The molecule has 1 aliphatic rings. The van der Waals surface area contributed by atoms with Crippen LogP contribution in [-0.2, 0) is 6.42 Å². The van der Waals surface area contributed by atoms with Gasteiger partial charge in [0.1, 0.15) is 5.76 Å².